The molecular weight excluding hydrogens is 394 g/mol. The molecule has 0 fully saturated rings. The van der Waals surface area contributed by atoms with Gasteiger partial charge in [0, 0.05) is 19.8 Å². The number of nitrogens with two attached hydrogens (primary N) is 1. The number of carbonyl (C=O) groups excluding carboxylic acids is 2. The van der Waals surface area contributed by atoms with E-state index in [4.69, 9.17) is 22.1 Å². The lowest BCUT2D eigenvalue weighted by Gasteiger charge is -2.14. The summed E-state index contributed by atoms with van der Waals surface area (Å²) in [6.07, 6.45) is 0. The molecule has 10 heteroatoms. The fourth-order valence-corrected chi connectivity index (χ4v) is 3.08. The third kappa shape index (κ3) is 5.19. The second-order valence-electron chi connectivity index (χ2n) is 5.68. The standard InChI is InChI=1S/C17H18ClN3O5S/c1-21(2)27(24,25)13-7-8-14(18)15(9-13)20-16(22)10-26-17(23)11-3-5-12(19)6-4-11/h3-9H,10,19H2,1-2H3,(H,20,22). The minimum Gasteiger partial charge on any atom is -0.452 e. The number of rotatable bonds is 6. The molecule has 0 heterocycles. The zero-order chi connectivity index (χ0) is 20.2. The Kier molecular flexibility index (Phi) is 6.42. The Hall–Kier alpha value is -2.62. The molecule has 1 amide bonds. The summed E-state index contributed by atoms with van der Waals surface area (Å²) in [5.41, 5.74) is 6.36. The fourth-order valence-electron chi connectivity index (χ4n) is 1.99. The summed E-state index contributed by atoms with van der Waals surface area (Å²) in [7, 11) is -0.914. The van der Waals surface area contributed by atoms with Crippen LogP contribution in [-0.2, 0) is 19.6 Å². The van der Waals surface area contributed by atoms with Crippen molar-refractivity contribution in [1.29, 1.82) is 0 Å². The number of anilines is 2. The molecule has 0 bridgehead atoms. The molecule has 0 aliphatic heterocycles. The zero-order valence-corrected chi connectivity index (χ0v) is 16.2. The quantitative estimate of drug-likeness (QED) is 0.554. The van der Waals surface area contributed by atoms with Gasteiger partial charge in [-0.1, -0.05) is 11.6 Å². The lowest BCUT2D eigenvalue weighted by Crippen LogP contribution is -2.23. The molecule has 0 atom stereocenters. The number of nitrogen functional groups attached to an aromatic ring is 1. The summed E-state index contributed by atoms with van der Waals surface area (Å²) in [5, 5.41) is 2.57. The molecule has 2 aromatic rings. The first-order valence-corrected chi connectivity index (χ1v) is 9.47. The fraction of sp³-hybridized carbons (Fsp3) is 0.176. The Morgan fingerprint density at radius 3 is 2.37 bits per heavy atom. The Bertz CT molecular complexity index is 959. The molecule has 0 saturated heterocycles. The predicted molar refractivity (Wildman–Crippen MR) is 102 cm³/mol. The molecule has 144 valence electrons. The van der Waals surface area contributed by atoms with Crippen LogP contribution in [0.5, 0.6) is 0 Å². The number of halogens is 1. The van der Waals surface area contributed by atoms with Gasteiger partial charge in [0.05, 0.1) is 21.2 Å². The molecule has 27 heavy (non-hydrogen) atoms. The number of ether oxygens (including phenoxy) is 1. The highest BCUT2D eigenvalue weighted by Crippen LogP contribution is 2.26. The molecule has 0 aromatic heterocycles. The van der Waals surface area contributed by atoms with Crippen molar-refractivity contribution in [3.05, 3.63) is 53.1 Å². The van der Waals surface area contributed by atoms with E-state index in [-0.39, 0.29) is 21.2 Å². The van der Waals surface area contributed by atoms with E-state index in [1.165, 1.54) is 56.6 Å². The molecular formula is C17H18ClN3O5S. The maximum Gasteiger partial charge on any atom is 0.338 e. The minimum atomic E-state index is -3.69. The Labute approximate surface area is 161 Å². The molecule has 2 aromatic carbocycles. The predicted octanol–water partition coefficient (Wildman–Crippen LogP) is 1.97. The van der Waals surface area contributed by atoms with Crippen molar-refractivity contribution in [3.8, 4) is 0 Å². The van der Waals surface area contributed by atoms with Crippen LogP contribution < -0.4 is 11.1 Å². The van der Waals surface area contributed by atoms with E-state index in [0.29, 0.717) is 5.69 Å². The van der Waals surface area contributed by atoms with Gasteiger partial charge in [0.15, 0.2) is 6.61 Å². The van der Waals surface area contributed by atoms with E-state index in [1.54, 1.807) is 0 Å². The van der Waals surface area contributed by atoms with Crippen molar-refractivity contribution in [2.75, 3.05) is 31.8 Å². The van der Waals surface area contributed by atoms with Gasteiger partial charge < -0.3 is 15.8 Å². The van der Waals surface area contributed by atoms with Crippen molar-refractivity contribution < 1.29 is 22.7 Å². The van der Waals surface area contributed by atoms with E-state index < -0.39 is 28.5 Å². The number of nitrogens with one attached hydrogen (secondary N) is 1. The van der Waals surface area contributed by atoms with Gasteiger partial charge in [0.25, 0.3) is 5.91 Å². The van der Waals surface area contributed by atoms with Crippen molar-refractivity contribution in [3.63, 3.8) is 0 Å². The topological polar surface area (TPSA) is 119 Å². The number of benzene rings is 2. The summed E-state index contributed by atoms with van der Waals surface area (Å²) in [6, 6.07) is 9.93. The summed E-state index contributed by atoms with van der Waals surface area (Å²) in [5.74, 6) is -1.36. The van der Waals surface area contributed by atoms with Crippen molar-refractivity contribution in [2.24, 2.45) is 0 Å². The highest BCUT2D eigenvalue weighted by atomic mass is 35.5. The molecule has 8 nitrogen and oxygen atoms in total. The Morgan fingerprint density at radius 1 is 1.15 bits per heavy atom. The highest BCUT2D eigenvalue weighted by molar-refractivity contribution is 7.89. The van der Waals surface area contributed by atoms with Crippen LogP contribution in [0.2, 0.25) is 5.02 Å². The number of hydrogen-bond donors (Lipinski definition) is 2. The molecule has 0 aliphatic rings. The van der Waals surface area contributed by atoms with Crippen LogP contribution in [0.15, 0.2) is 47.4 Å². The van der Waals surface area contributed by atoms with Crippen LogP contribution in [0.4, 0.5) is 11.4 Å². The van der Waals surface area contributed by atoms with E-state index >= 15 is 0 Å². The lowest BCUT2D eigenvalue weighted by molar-refractivity contribution is -0.119. The first-order valence-electron chi connectivity index (χ1n) is 7.66. The van der Waals surface area contributed by atoms with E-state index in [2.05, 4.69) is 5.32 Å². The molecule has 3 N–H and O–H groups in total. The van der Waals surface area contributed by atoms with Gasteiger partial charge >= 0.3 is 5.97 Å². The van der Waals surface area contributed by atoms with Crippen molar-refractivity contribution >= 4 is 44.9 Å². The van der Waals surface area contributed by atoms with Gasteiger partial charge in [0.2, 0.25) is 10.0 Å². The number of nitrogens with zero attached hydrogens (tertiary/aromatic N) is 1. The van der Waals surface area contributed by atoms with Crippen LogP contribution in [-0.4, -0.2) is 45.3 Å². The largest absolute Gasteiger partial charge is 0.452 e. The highest BCUT2D eigenvalue weighted by Gasteiger charge is 2.19. The molecule has 0 aliphatic carbocycles. The number of hydrogen-bond acceptors (Lipinski definition) is 6. The molecule has 0 unspecified atom stereocenters. The number of sulfonamides is 1. The second kappa shape index (κ2) is 8.38. The average Bonchev–Trinajstić information content (AvgIpc) is 2.61. The van der Waals surface area contributed by atoms with Crippen LogP contribution in [0.3, 0.4) is 0 Å². The van der Waals surface area contributed by atoms with Crippen molar-refractivity contribution in [1.82, 2.24) is 4.31 Å². The van der Waals surface area contributed by atoms with Gasteiger partial charge in [-0.15, -0.1) is 0 Å². The second-order valence-corrected chi connectivity index (χ2v) is 8.23. The Morgan fingerprint density at radius 2 is 1.78 bits per heavy atom. The number of esters is 1. The third-order valence-electron chi connectivity index (χ3n) is 3.47. The monoisotopic (exact) mass is 411 g/mol. The molecule has 0 saturated carbocycles. The van der Waals surface area contributed by atoms with Crippen LogP contribution in [0, 0.1) is 0 Å². The van der Waals surface area contributed by atoms with Gasteiger partial charge in [0.1, 0.15) is 0 Å². The Balaban J connectivity index is 2.05. The first kappa shape index (κ1) is 20.7. The summed E-state index contributed by atoms with van der Waals surface area (Å²) >= 11 is 6.00. The normalized spacial score (nSPS) is 11.3. The maximum absolute atomic E-state index is 12.2. The summed E-state index contributed by atoms with van der Waals surface area (Å²) in [6.45, 7) is -0.565. The zero-order valence-electron chi connectivity index (χ0n) is 14.6. The van der Waals surface area contributed by atoms with E-state index in [0.717, 1.165) is 4.31 Å². The van der Waals surface area contributed by atoms with Gasteiger partial charge in [-0.2, -0.15) is 0 Å². The SMILES string of the molecule is CN(C)S(=O)(=O)c1ccc(Cl)c(NC(=O)COC(=O)c2ccc(N)cc2)c1. The van der Waals surface area contributed by atoms with Crippen molar-refractivity contribution in [2.45, 2.75) is 4.90 Å². The molecule has 2 rings (SSSR count). The average molecular weight is 412 g/mol. The van der Waals surface area contributed by atoms with Gasteiger partial charge in [-0.25, -0.2) is 17.5 Å². The van der Waals surface area contributed by atoms with E-state index in [1.807, 2.05) is 0 Å². The smallest absolute Gasteiger partial charge is 0.338 e. The third-order valence-corrected chi connectivity index (χ3v) is 5.61. The summed E-state index contributed by atoms with van der Waals surface area (Å²) < 4.78 is 30.3. The van der Waals surface area contributed by atoms with Gasteiger partial charge in [-0.05, 0) is 42.5 Å². The first-order chi connectivity index (χ1) is 12.6. The van der Waals surface area contributed by atoms with Crippen LogP contribution in [0.25, 0.3) is 0 Å². The van der Waals surface area contributed by atoms with E-state index in [9.17, 15) is 18.0 Å². The maximum atomic E-state index is 12.2. The summed E-state index contributed by atoms with van der Waals surface area (Å²) in [4.78, 5) is 23.9. The number of amides is 1. The van der Waals surface area contributed by atoms with Crippen LogP contribution >= 0.6 is 11.6 Å². The van der Waals surface area contributed by atoms with Crippen LogP contribution in [0.1, 0.15) is 10.4 Å². The molecule has 0 spiro atoms. The minimum absolute atomic E-state index is 0.0360. The molecule has 0 radical (unpaired) electrons. The number of carbonyl (C=O) groups is 2. The lowest BCUT2D eigenvalue weighted by atomic mass is 10.2. The van der Waals surface area contributed by atoms with Gasteiger partial charge in [-0.3, -0.25) is 4.79 Å².